The summed E-state index contributed by atoms with van der Waals surface area (Å²) in [6.45, 7) is 2.49. The van der Waals surface area contributed by atoms with Crippen LogP contribution < -0.4 is 10.2 Å². The van der Waals surface area contributed by atoms with E-state index in [-0.39, 0.29) is 6.54 Å². The first-order valence-corrected chi connectivity index (χ1v) is 11.2. The van der Waals surface area contributed by atoms with Crippen LogP contribution in [0.25, 0.3) is 22.2 Å². The van der Waals surface area contributed by atoms with E-state index in [2.05, 4.69) is 67.6 Å². The molecule has 3 heterocycles. The fourth-order valence-corrected chi connectivity index (χ4v) is 4.50. The molecule has 0 radical (unpaired) electrons. The first-order chi connectivity index (χ1) is 16.5. The largest absolute Gasteiger partial charge is 0.480 e. The van der Waals surface area contributed by atoms with Crippen molar-refractivity contribution in [3.63, 3.8) is 0 Å². The number of pyridine rings is 1. The van der Waals surface area contributed by atoms with Gasteiger partial charge in [0, 0.05) is 25.0 Å². The first kappa shape index (κ1) is 21.9. The number of aliphatic carboxylic acids is 1. The Hall–Kier alpha value is -3.88. The number of carboxylic acids is 1. The zero-order valence-electron chi connectivity index (χ0n) is 18.7. The van der Waals surface area contributed by atoms with E-state index >= 15 is 0 Å². The minimum Gasteiger partial charge on any atom is -0.480 e. The van der Waals surface area contributed by atoms with Crippen LogP contribution in [0.2, 0.25) is 0 Å². The van der Waals surface area contributed by atoms with E-state index in [1.54, 1.807) is 6.20 Å². The molecule has 0 unspecified atom stereocenters. The van der Waals surface area contributed by atoms with Crippen LogP contribution in [0.4, 0.5) is 11.5 Å². The molecule has 2 aromatic carbocycles. The molecule has 0 aliphatic carbocycles. The summed E-state index contributed by atoms with van der Waals surface area (Å²) in [5, 5.41) is 21.8. The van der Waals surface area contributed by atoms with Crippen molar-refractivity contribution in [2.24, 2.45) is 0 Å². The van der Waals surface area contributed by atoms with Gasteiger partial charge in [-0.05, 0) is 47.7 Å². The van der Waals surface area contributed by atoms with Crippen LogP contribution in [0.3, 0.4) is 0 Å². The number of nitrogens with one attached hydrogen (secondary N) is 1. The Morgan fingerprint density at radius 2 is 1.94 bits per heavy atom. The van der Waals surface area contributed by atoms with E-state index in [0.29, 0.717) is 11.0 Å². The third kappa shape index (κ3) is 4.09. The van der Waals surface area contributed by atoms with E-state index in [4.69, 9.17) is 0 Å². The lowest BCUT2D eigenvalue weighted by Gasteiger charge is -2.20. The van der Waals surface area contributed by atoms with Crippen LogP contribution in [0.15, 0.2) is 67.1 Å². The quantitative estimate of drug-likeness (QED) is 0.389. The highest BCUT2D eigenvalue weighted by molar-refractivity contribution is 5.90. The summed E-state index contributed by atoms with van der Waals surface area (Å²) in [6, 6.07) is 17.5. The van der Waals surface area contributed by atoms with E-state index in [1.807, 2.05) is 12.1 Å². The van der Waals surface area contributed by atoms with Crippen LogP contribution in [0.5, 0.6) is 0 Å². The predicted octanol–water partition coefficient (Wildman–Crippen LogP) is 3.31. The summed E-state index contributed by atoms with van der Waals surface area (Å²) in [5.74, 6) is -0.350. The number of carbonyl (C=O) groups is 1. The lowest BCUT2D eigenvalue weighted by atomic mass is 9.98. The number of nitrogens with zero attached hydrogens (tertiary/aromatic N) is 4. The molecule has 0 spiro atoms. The second kappa shape index (κ2) is 9.17. The van der Waals surface area contributed by atoms with Gasteiger partial charge < -0.3 is 15.1 Å². The molecule has 0 fully saturated rings. The molecule has 1 aliphatic rings. The van der Waals surface area contributed by atoms with Gasteiger partial charge in [-0.25, -0.2) is 9.97 Å². The number of aliphatic hydroxyl groups is 1. The van der Waals surface area contributed by atoms with Gasteiger partial charge in [-0.3, -0.25) is 15.1 Å². The molecule has 3 N–H and O–H groups in total. The summed E-state index contributed by atoms with van der Waals surface area (Å²) in [4.78, 5) is 27.1. The highest BCUT2D eigenvalue weighted by Crippen LogP contribution is 2.40. The average molecular weight is 456 g/mol. The highest BCUT2D eigenvalue weighted by atomic mass is 16.4. The summed E-state index contributed by atoms with van der Waals surface area (Å²) in [7, 11) is 0. The Morgan fingerprint density at radius 3 is 2.71 bits per heavy atom. The van der Waals surface area contributed by atoms with Crippen molar-refractivity contribution in [1.29, 1.82) is 0 Å². The van der Waals surface area contributed by atoms with Gasteiger partial charge in [0.05, 0.1) is 11.6 Å². The second-order valence-electron chi connectivity index (χ2n) is 8.42. The third-order valence-corrected chi connectivity index (χ3v) is 6.16. The molecule has 172 valence electrons. The van der Waals surface area contributed by atoms with Crippen LogP contribution in [0, 0.1) is 0 Å². The van der Waals surface area contributed by atoms with E-state index < -0.39 is 18.1 Å². The Kier molecular flexibility index (Phi) is 5.91. The van der Waals surface area contributed by atoms with E-state index in [1.165, 1.54) is 29.9 Å². The Bertz CT molecular complexity index is 1340. The highest BCUT2D eigenvalue weighted by Gasteiger charge is 2.26. The van der Waals surface area contributed by atoms with Gasteiger partial charge in [0.2, 0.25) is 0 Å². The van der Waals surface area contributed by atoms with Crippen molar-refractivity contribution in [3.8, 4) is 11.1 Å². The molecule has 34 heavy (non-hydrogen) atoms. The van der Waals surface area contributed by atoms with Crippen molar-refractivity contribution < 1.29 is 15.0 Å². The van der Waals surface area contributed by atoms with Gasteiger partial charge in [0.25, 0.3) is 0 Å². The molecular formula is C26H25N5O3. The fourth-order valence-electron chi connectivity index (χ4n) is 4.50. The zero-order chi connectivity index (χ0) is 23.7. The van der Waals surface area contributed by atoms with Gasteiger partial charge in [-0.2, -0.15) is 0 Å². The smallest absolute Gasteiger partial charge is 0.323 e. The maximum atomic E-state index is 11.3. The maximum absolute atomic E-state index is 11.3. The lowest BCUT2D eigenvalue weighted by Crippen LogP contribution is -2.44. The summed E-state index contributed by atoms with van der Waals surface area (Å²) < 4.78 is 0. The van der Waals surface area contributed by atoms with Gasteiger partial charge in [0.1, 0.15) is 17.9 Å². The zero-order valence-corrected chi connectivity index (χ0v) is 18.7. The molecular weight excluding hydrogens is 430 g/mol. The summed E-state index contributed by atoms with van der Waals surface area (Å²) in [6.07, 6.45) is 3.12. The van der Waals surface area contributed by atoms with Crippen LogP contribution in [-0.4, -0.2) is 49.8 Å². The topological polar surface area (TPSA) is 111 Å². The lowest BCUT2D eigenvalue weighted by molar-refractivity contribution is -0.142. The molecule has 2 atom stereocenters. The van der Waals surface area contributed by atoms with Gasteiger partial charge in [0.15, 0.2) is 5.82 Å². The minimum atomic E-state index is -1.10. The molecule has 8 heteroatoms. The van der Waals surface area contributed by atoms with Crippen molar-refractivity contribution in [2.75, 3.05) is 11.4 Å². The Morgan fingerprint density at radius 1 is 1.12 bits per heavy atom. The van der Waals surface area contributed by atoms with Gasteiger partial charge in [-0.1, -0.05) is 42.5 Å². The number of benzene rings is 2. The summed E-state index contributed by atoms with van der Waals surface area (Å²) in [5.41, 5.74) is 6.98. The molecule has 0 saturated carbocycles. The van der Waals surface area contributed by atoms with Crippen LogP contribution in [-0.2, 0) is 17.8 Å². The molecule has 0 bridgehead atoms. The molecule has 0 saturated heterocycles. The number of hydrogen-bond donors (Lipinski definition) is 3. The van der Waals surface area contributed by atoms with Crippen molar-refractivity contribution in [3.05, 3.63) is 78.2 Å². The number of hydrogen-bond acceptors (Lipinski definition) is 7. The maximum Gasteiger partial charge on any atom is 0.323 e. The molecule has 5 rings (SSSR count). The Labute approximate surface area is 196 Å². The number of rotatable bonds is 7. The first-order valence-electron chi connectivity index (χ1n) is 11.2. The second-order valence-corrected chi connectivity index (χ2v) is 8.42. The van der Waals surface area contributed by atoms with Crippen molar-refractivity contribution in [2.45, 2.75) is 32.0 Å². The monoisotopic (exact) mass is 455 g/mol. The van der Waals surface area contributed by atoms with Gasteiger partial charge >= 0.3 is 5.97 Å². The Balaban J connectivity index is 1.46. The van der Waals surface area contributed by atoms with Crippen LogP contribution in [0.1, 0.15) is 18.1 Å². The van der Waals surface area contributed by atoms with E-state index in [0.717, 1.165) is 30.0 Å². The summed E-state index contributed by atoms with van der Waals surface area (Å²) >= 11 is 0. The SMILES string of the molecule is C[C@H](O)[C@H](NCc1cnc2c(N3CCc4c(-c5ccccc5)cccc43)ncnc2c1)C(=O)O. The normalized spacial score (nSPS) is 14.7. The number of aromatic nitrogens is 3. The predicted molar refractivity (Wildman–Crippen MR) is 130 cm³/mol. The number of fused-ring (bicyclic) bond motifs is 2. The number of anilines is 2. The van der Waals surface area contributed by atoms with E-state index in [9.17, 15) is 15.0 Å². The van der Waals surface area contributed by atoms with Crippen molar-refractivity contribution >= 4 is 28.5 Å². The van der Waals surface area contributed by atoms with Crippen molar-refractivity contribution in [1.82, 2.24) is 20.3 Å². The fraction of sp³-hybridized carbons (Fsp3) is 0.231. The minimum absolute atomic E-state index is 0.247. The number of carboxylic acid groups (broad SMARTS) is 1. The molecule has 0 amide bonds. The molecule has 4 aromatic rings. The third-order valence-electron chi connectivity index (χ3n) is 6.16. The van der Waals surface area contributed by atoms with Gasteiger partial charge in [-0.15, -0.1) is 0 Å². The molecule has 8 nitrogen and oxygen atoms in total. The van der Waals surface area contributed by atoms with Crippen LogP contribution >= 0.6 is 0 Å². The average Bonchev–Trinajstić information content (AvgIpc) is 3.28. The number of aliphatic hydroxyl groups excluding tert-OH is 1. The standard InChI is InChI=1S/C26H25N5O3/c1-16(32)23(26(33)34)27-13-17-12-21-24(28-14-17)25(30-15-29-21)31-11-10-20-19(8-5-9-22(20)31)18-6-3-2-4-7-18/h2-9,12,14-16,23,27,32H,10-11,13H2,1H3,(H,33,34)/t16-,23-/m0/s1. The molecule has 1 aliphatic heterocycles. The molecule has 2 aromatic heterocycles.